The highest BCUT2D eigenvalue weighted by Gasteiger charge is 2.47. The SMILES string of the molecule is COc1ccc(/C(O)=C2\C(=O)C(=O)N(c3ccccc3C)C2c2ccccc2C)cc1Cl. The Kier molecular flexibility index (Phi) is 5.76. The molecule has 0 saturated carbocycles. The molecule has 3 aromatic carbocycles. The number of hydrogen-bond acceptors (Lipinski definition) is 4. The molecule has 1 fully saturated rings. The molecule has 6 heteroatoms. The number of para-hydroxylation sites is 1. The van der Waals surface area contributed by atoms with Crippen molar-refractivity contribution in [1.82, 2.24) is 0 Å². The van der Waals surface area contributed by atoms with Gasteiger partial charge in [0, 0.05) is 11.3 Å². The van der Waals surface area contributed by atoms with Gasteiger partial charge in [0.2, 0.25) is 0 Å². The minimum absolute atomic E-state index is 0.0220. The third-order valence-electron chi connectivity index (χ3n) is 5.73. The molecular formula is C26H22ClNO4. The van der Waals surface area contributed by atoms with Gasteiger partial charge >= 0.3 is 0 Å². The van der Waals surface area contributed by atoms with E-state index in [2.05, 4.69) is 0 Å². The Bertz CT molecular complexity index is 1260. The van der Waals surface area contributed by atoms with E-state index in [4.69, 9.17) is 16.3 Å². The van der Waals surface area contributed by atoms with E-state index in [1.165, 1.54) is 18.1 Å². The van der Waals surface area contributed by atoms with Gasteiger partial charge in [-0.05, 0) is 54.8 Å². The third-order valence-corrected chi connectivity index (χ3v) is 6.02. The maximum absolute atomic E-state index is 13.3. The van der Waals surface area contributed by atoms with Gasteiger partial charge in [-0.15, -0.1) is 0 Å². The first-order chi connectivity index (χ1) is 15.3. The van der Waals surface area contributed by atoms with Gasteiger partial charge in [-0.3, -0.25) is 14.5 Å². The number of methoxy groups -OCH3 is 1. The fourth-order valence-corrected chi connectivity index (χ4v) is 4.33. The number of aryl methyl sites for hydroxylation is 2. The van der Waals surface area contributed by atoms with Crippen molar-refractivity contribution in [2.24, 2.45) is 0 Å². The highest BCUT2D eigenvalue weighted by Crippen LogP contribution is 2.44. The van der Waals surface area contributed by atoms with Crippen LogP contribution in [0.5, 0.6) is 5.75 Å². The zero-order chi connectivity index (χ0) is 23.0. The summed E-state index contributed by atoms with van der Waals surface area (Å²) >= 11 is 6.25. The lowest BCUT2D eigenvalue weighted by molar-refractivity contribution is -0.132. The van der Waals surface area contributed by atoms with Crippen LogP contribution < -0.4 is 9.64 Å². The molecule has 4 rings (SSSR count). The van der Waals surface area contributed by atoms with Gasteiger partial charge in [0.15, 0.2) is 0 Å². The fourth-order valence-electron chi connectivity index (χ4n) is 4.07. The lowest BCUT2D eigenvalue weighted by Gasteiger charge is -2.27. The monoisotopic (exact) mass is 447 g/mol. The molecule has 1 saturated heterocycles. The Morgan fingerprint density at radius 1 is 0.969 bits per heavy atom. The van der Waals surface area contributed by atoms with Gasteiger partial charge in [-0.2, -0.15) is 0 Å². The first kappa shape index (κ1) is 21.7. The predicted molar refractivity (Wildman–Crippen MR) is 125 cm³/mol. The van der Waals surface area contributed by atoms with Crippen molar-refractivity contribution in [3.05, 3.63) is 99.6 Å². The lowest BCUT2D eigenvalue weighted by atomic mass is 9.92. The zero-order valence-corrected chi connectivity index (χ0v) is 18.7. The fraction of sp³-hybridized carbons (Fsp3) is 0.154. The smallest absolute Gasteiger partial charge is 0.300 e. The van der Waals surface area contributed by atoms with E-state index in [0.29, 0.717) is 17.0 Å². The molecule has 3 aromatic rings. The second-order valence-electron chi connectivity index (χ2n) is 7.66. The third kappa shape index (κ3) is 3.55. The summed E-state index contributed by atoms with van der Waals surface area (Å²) in [5.74, 6) is -1.27. The molecule has 1 amide bonds. The van der Waals surface area contributed by atoms with E-state index in [0.717, 1.165) is 16.7 Å². The molecule has 1 heterocycles. The van der Waals surface area contributed by atoms with E-state index < -0.39 is 17.7 Å². The Labute approximate surface area is 191 Å². The number of benzene rings is 3. The molecule has 5 nitrogen and oxygen atoms in total. The first-order valence-electron chi connectivity index (χ1n) is 10.1. The standard InChI is InChI=1S/C26H22ClNO4/c1-15-8-4-6-10-18(15)23-22(24(29)17-12-13-21(32-3)19(27)14-17)25(30)26(31)28(23)20-11-7-5-9-16(20)2/h4-14,23,29H,1-3H3/b24-22+. The largest absolute Gasteiger partial charge is 0.507 e. The van der Waals surface area contributed by atoms with Crippen molar-refractivity contribution >= 4 is 34.7 Å². The molecule has 0 aliphatic carbocycles. The number of carbonyl (C=O) groups is 2. The molecule has 162 valence electrons. The number of nitrogens with zero attached hydrogens (tertiary/aromatic N) is 1. The van der Waals surface area contributed by atoms with Crippen molar-refractivity contribution in [2.75, 3.05) is 12.0 Å². The second-order valence-corrected chi connectivity index (χ2v) is 8.07. The summed E-state index contributed by atoms with van der Waals surface area (Å²) in [4.78, 5) is 28.0. The summed E-state index contributed by atoms with van der Waals surface area (Å²) in [6.07, 6.45) is 0. The summed E-state index contributed by atoms with van der Waals surface area (Å²) in [7, 11) is 1.49. The summed E-state index contributed by atoms with van der Waals surface area (Å²) in [6.45, 7) is 3.80. The highest BCUT2D eigenvalue weighted by molar-refractivity contribution is 6.51. The van der Waals surface area contributed by atoms with E-state index in [-0.39, 0.29) is 16.4 Å². The maximum Gasteiger partial charge on any atom is 0.300 e. The molecule has 1 aliphatic rings. The molecular weight excluding hydrogens is 426 g/mol. The molecule has 1 atom stereocenters. The average molecular weight is 448 g/mol. The van der Waals surface area contributed by atoms with Crippen LogP contribution in [0.25, 0.3) is 5.76 Å². The molecule has 1 N–H and O–H groups in total. The second kappa shape index (κ2) is 8.52. The van der Waals surface area contributed by atoms with Crippen LogP contribution in [0.2, 0.25) is 5.02 Å². The number of ketones is 1. The van der Waals surface area contributed by atoms with Crippen LogP contribution >= 0.6 is 11.6 Å². The van der Waals surface area contributed by atoms with Crippen molar-refractivity contribution < 1.29 is 19.4 Å². The summed E-state index contributed by atoms with van der Waals surface area (Å²) in [6, 6.07) is 18.9. The van der Waals surface area contributed by atoms with Crippen LogP contribution in [-0.2, 0) is 9.59 Å². The number of halogens is 1. The number of carbonyl (C=O) groups excluding carboxylic acids is 2. The predicted octanol–water partition coefficient (Wildman–Crippen LogP) is 5.59. The Balaban J connectivity index is 1.98. The van der Waals surface area contributed by atoms with Crippen LogP contribution in [0, 0.1) is 13.8 Å². The van der Waals surface area contributed by atoms with Crippen molar-refractivity contribution in [1.29, 1.82) is 0 Å². The molecule has 1 aliphatic heterocycles. The topological polar surface area (TPSA) is 66.8 Å². The lowest BCUT2D eigenvalue weighted by Crippen LogP contribution is -2.30. The van der Waals surface area contributed by atoms with E-state index in [1.54, 1.807) is 18.2 Å². The molecule has 0 aromatic heterocycles. The van der Waals surface area contributed by atoms with Gasteiger partial charge in [0.25, 0.3) is 11.7 Å². The Morgan fingerprint density at radius 2 is 1.62 bits per heavy atom. The minimum Gasteiger partial charge on any atom is -0.507 e. The minimum atomic E-state index is -0.779. The summed E-state index contributed by atoms with van der Waals surface area (Å²) < 4.78 is 5.18. The normalized spacial score (nSPS) is 17.6. The Hall–Kier alpha value is -3.57. The van der Waals surface area contributed by atoms with Gasteiger partial charge in [0.1, 0.15) is 11.5 Å². The van der Waals surface area contributed by atoms with E-state index in [9.17, 15) is 14.7 Å². The number of aliphatic hydroxyl groups is 1. The molecule has 0 bridgehead atoms. The summed E-state index contributed by atoms with van der Waals surface area (Å²) in [5.41, 5.74) is 3.48. The molecule has 0 radical (unpaired) electrons. The molecule has 32 heavy (non-hydrogen) atoms. The average Bonchev–Trinajstić information content (AvgIpc) is 3.04. The van der Waals surface area contributed by atoms with Crippen molar-refractivity contribution in [2.45, 2.75) is 19.9 Å². The van der Waals surface area contributed by atoms with Crippen molar-refractivity contribution in [3.8, 4) is 5.75 Å². The number of Topliss-reactive ketones (excluding diaryl/α,β-unsaturated/α-hetero) is 1. The highest BCUT2D eigenvalue weighted by atomic mass is 35.5. The maximum atomic E-state index is 13.3. The van der Waals surface area contributed by atoms with E-state index >= 15 is 0 Å². The van der Waals surface area contributed by atoms with Crippen LogP contribution in [0.15, 0.2) is 72.3 Å². The van der Waals surface area contributed by atoms with Crippen LogP contribution in [0.4, 0.5) is 5.69 Å². The first-order valence-corrected chi connectivity index (χ1v) is 10.5. The molecule has 1 unspecified atom stereocenters. The van der Waals surface area contributed by atoms with Gasteiger partial charge in [-0.25, -0.2) is 0 Å². The number of amides is 1. The summed E-state index contributed by atoms with van der Waals surface area (Å²) in [5, 5.41) is 11.5. The van der Waals surface area contributed by atoms with Gasteiger partial charge < -0.3 is 9.84 Å². The number of hydrogen-bond donors (Lipinski definition) is 1. The van der Waals surface area contributed by atoms with E-state index in [1.807, 2.05) is 56.3 Å². The number of rotatable bonds is 4. The van der Waals surface area contributed by atoms with Crippen molar-refractivity contribution in [3.63, 3.8) is 0 Å². The van der Waals surface area contributed by atoms with Gasteiger partial charge in [0.05, 0.1) is 23.7 Å². The quantitative estimate of drug-likeness (QED) is 0.321. The number of aliphatic hydroxyl groups excluding tert-OH is 1. The van der Waals surface area contributed by atoms with Crippen LogP contribution in [0.1, 0.15) is 28.3 Å². The number of anilines is 1. The van der Waals surface area contributed by atoms with Crippen LogP contribution in [0.3, 0.4) is 0 Å². The Morgan fingerprint density at radius 3 is 2.25 bits per heavy atom. The zero-order valence-electron chi connectivity index (χ0n) is 17.9. The van der Waals surface area contributed by atoms with Gasteiger partial charge in [-0.1, -0.05) is 54.1 Å². The number of ether oxygens (including phenoxy) is 1. The molecule has 0 spiro atoms. The van der Waals surface area contributed by atoms with Crippen LogP contribution in [-0.4, -0.2) is 23.9 Å².